The van der Waals surface area contributed by atoms with Crippen molar-refractivity contribution in [3.63, 3.8) is 0 Å². The average Bonchev–Trinajstić information content (AvgIpc) is 2.95. The number of benzene rings is 2. The fourth-order valence-corrected chi connectivity index (χ4v) is 3.44. The number of hydrogen-bond donors (Lipinski definition) is 3. The molecule has 0 fully saturated rings. The molecule has 23 heavy (non-hydrogen) atoms. The molecule has 3 rings (SSSR count). The van der Waals surface area contributed by atoms with E-state index in [0.717, 1.165) is 16.0 Å². The lowest BCUT2D eigenvalue weighted by molar-refractivity contribution is 0.0695. The third kappa shape index (κ3) is 2.94. The molecule has 0 saturated heterocycles. The number of anilines is 1. The Morgan fingerprint density at radius 1 is 1.09 bits per heavy atom. The molecule has 0 aliphatic heterocycles. The third-order valence-corrected chi connectivity index (χ3v) is 4.55. The molecule has 3 N–H and O–H groups in total. The zero-order valence-electron chi connectivity index (χ0n) is 11.9. The van der Waals surface area contributed by atoms with E-state index >= 15 is 0 Å². The summed E-state index contributed by atoms with van der Waals surface area (Å²) in [5.74, 6) is -1.60. The minimum Gasteiger partial charge on any atom is -0.478 e. The second kappa shape index (κ2) is 6.20. The van der Waals surface area contributed by atoms with Gasteiger partial charge >= 0.3 is 5.97 Å². The van der Waals surface area contributed by atoms with E-state index in [-0.39, 0.29) is 17.0 Å². The molecule has 0 saturated carbocycles. The van der Waals surface area contributed by atoms with Gasteiger partial charge in [0, 0.05) is 15.8 Å². The van der Waals surface area contributed by atoms with E-state index in [4.69, 9.17) is 5.11 Å². The van der Waals surface area contributed by atoms with Crippen LogP contribution in [0.15, 0.2) is 48.5 Å². The Morgan fingerprint density at radius 3 is 2.61 bits per heavy atom. The summed E-state index contributed by atoms with van der Waals surface area (Å²) >= 11 is 1.15. The van der Waals surface area contributed by atoms with Crippen molar-refractivity contribution in [2.24, 2.45) is 0 Å². The van der Waals surface area contributed by atoms with Crippen molar-refractivity contribution in [1.82, 2.24) is 0 Å². The number of rotatable bonds is 4. The fourth-order valence-electron chi connectivity index (χ4n) is 2.35. The number of carboxylic acid groups (broad SMARTS) is 1. The molecule has 0 spiro atoms. The number of carbonyl (C=O) groups excluding carboxylic acids is 1. The second-order valence-corrected chi connectivity index (χ2v) is 5.97. The Bertz CT molecular complexity index is 900. The van der Waals surface area contributed by atoms with Crippen LogP contribution in [-0.2, 0) is 6.61 Å². The first-order valence-electron chi connectivity index (χ1n) is 6.86. The Labute approximate surface area is 135 Å². The number of carbonyl (C=O) groups is 2. The van der Waals surface area contributed by atoms with Gasteiger partial charge in [0.05, 0.1) is 12.2 Å². The smallest absolute Gasteiger partial charge is 0.338 e. The number of aromatic carboxylic acids is 1. The van der Waals surface area contributed by atoms with Crippen molar-refractivity contribution in [3.05, 3.63) is 64.5 Å². The standard InChI is InChI=1S/C17H13NO4S/c19-9-10-4-3-5-11(8-10)18-16(20)15-14(17(21)22)12-6-1-2-7-13(12)23-15/h1-8,19H,9H2,(H,18,20)(H,21,22). The van der Waals surface area contributed by atoms with Gasteiger partial charge in [-0.15, -0.1) is 11.3 Å². The summed E-state index contributed by atoms with van der Waals surface area (Å²) in [6.45, 7) is -0.132. The van der Waals surface area contributed by atoms with Crippen molar-refractivity contribution in [2.45, 2.75) is 6.61 Å². The number of aliphatic hydroxyl groups is 1. The molecule has 2 aromatic carbocycles. The SMILES string of the molecule is O=C(Nc1cccc(CO)c1)c1sc2ccccc2c1C(=O)O. The van der Waals surface area contributed by atoms with Crippen LogP contribution in [0.2, 0.25) is 0 Å². The van der Waals surface area contributed by atoms with E-state index in [2.05, 4.69) is 5.32 Å². The highest BCUT2D eigenvalue weighted by molar-refractivity contribution is 7.21. The second-order valence-electron chi connectivity index (χ2n) is 4.92. The molecule has 0 radical (unpaired) electrons. The van der Waals surface area contributed by atoms with Crippen LogP contribution in [0.4, 0.5) is 5.69 Å². The van der Waals surface area contributed by atoms with Gasteiger partial charge in [0.2, 0.25) is 0 Å². The fraction of sp³-hybridized carbons (Fsp3) is 0.0588. The molecule has 3 aromatic rings. The molecule has 6 heteroatoms. The molecule has 1 heterocycles. The van der Waals surface area contributed by atoms with Crippen LogP contribution in [0.5, 0.6) is 0 Å². The monoisotopic (exact) mass is 327 g/mol. The van der Waals surface area contributed by atoms with Gasteiger partial charge in [0.25, 0.3) is 5.91 Å². The first kappa shape index (κ1) is 15.2. The highest BCUT2D eigenvalue weighted by Gasteiger charge is 2.23. The lowest BCUT2D eigenvalue weighted by Gasteiger charge is -2.06. The van der Waals surface area contributed by atoms with Gasteiger partial charge in [0.15, 0.2) is 0 Å². The topological polar surface area (TPSA) is 86.6 Å². The lowest BCUT2D eigenvalue weighted by Crippen LogP contribution is -2.14. The largest absolute Gasteiger partial charge is 0.478 e. The molecule has 1 amide bonds. The molecule has 1 aromatic heterocycles. The van der Waals surface area contributed by atoms with Gasteiger partial charge in [-0.2, -0.15) is 0 Å². The molecule has 0 atom stereocenters. The number of hydrogen-bond acceptors (Lipinski definition) is 4. The predicted molar refractivity (Wildman–Crippen MR) is 89.1 cm³/mol. The molecular weight excluding hydrogens is 314 g/mol. The highest BCUT2D eigenvalue weighted by Crippen LogP contribution is 2.32. The normalized spacial score (nSPS) is 10.7. The molecule has 0 bridgehead atoms. The number of nitrogens with one attached hydrogen (secondary N) is 1. The Morgan fingerprint density at radius 2 is 1.87 bits per heavy atom. The zero-order valence-corrected chi connectivity index (χ0v) is 12.8. The van der Waals surface area contributed by atoms with E-state index in [1.165, 1.54) is 0 Å². The van der Waals surface area contributed by atoms with Crippen molar-refractivity contribution in [3.8, 4) is 0 Å². The molecule has 0 aliphatic rings. The van der Waals surface area contributed by atoms with Crippen LogP contribution in [0.3, 0.4) is 0 Å². The van der Waals surface area contributed by atoms with Gasteiger partial charge in [-0.25, -0.2) is 4.79 Å². The summed E-state index contributed by atoms with van der Waals surface area (Å²) in [4.78, 5) is 24.2. The Hall–Kier alpha value is -2.70. The summed E-state index contributed by atoms with van der Waals surface area (Å²) in [6, 6.07) is 13.8. The summed E-state index contributed by atoms with van der Waals surface area (Å²) in [5.41, 5.74) is 1.19. The van der Waals surface area contributed by atoms with Crippen molar-refractivity contribution < 1.29 is 19.8 Å². The Kier molecular flexibility index (Phi) is 4.10. The van der Waals surface area contributed by atoms with Crippen molar-refractivity contribution in [2.75, 3.05) is 5.32 Å². The molecule has 116 valence electrons. The molecular formula is C17H13NO4S. The number of carboxylic acids is 1. The molecule has 0 unspecified atom stereocenters. The number of fused-ring (bicyclic) bond motifs is 1. The first-order valence-corrected chi connectivity index (χ1v) is 7.68. The molecule has 5 nitrogen and oxygen atoms in total. The maximum Gasteiger partial charge on any atom is 0.338 e. The summed E-state index contributed by atoms with van der Waals surface area (Å²) in [7, 11) is 0. The van der Waals surface area contributed by atoms with E-state index in [0.29, 0.717) is 16.6 Å². The first-order chi connectivity index (χ1) is 11.1. The maximum atomic E-state index is 12.5. The van der Waals surface area contributed by atoms with E-state index in [1.807, 2.05) is 0 Å². The number of amides is 1. The van der Waals surface area contributed by atoms with E-state index in [9.17, 15) is 14.7 Å². The van der Waals surface area contributed by atoms with Crippen LogP contribution < -0.4 is 5.32 Å². The zero-order chi connectivity index (χ0) is 16.4. The minimum atomic E-state index is -1.13. The van der Waals surface area contributed by atoms with E-state index in [1.54, 1.807) is 48.5 Å². The average molecular weight is 327 g/mol. The van der Waals surface area contributed by atoms with E-state index < -0.39 is 11.9 Å². The molecule has 0 aliphatic carbocycles. The van der Waals surface area contributed by atoms with Crippen LogP contribution in [-0.4, -0.2) is 22.1 Å². The summed E-state index contributed by atoms with van der Waals surface area (Å²) in [6.07, 6.45) is 0. The summed E-state index contributed by atoms with van der Waals surface area (Å²) < 4.78 is 0.749. The van der Waals surface area contributed by atoms with Crippen LogP contribution in [0.25, 0.3) is 10.1 Å². The van der Waals surface area contributed by atoms with Gasteiger partial charge in [-0.05, 0) is 23.8 Å². The van der Waals surface area contributed by atoms with Gasteiger partial charge in [-0.3, -0.25) is 4.79 Å². The quantitative estimate of drug-likeness (QED) is 0.686. The lowest BCUT2D eigenvalue weighted by atomic mass is 10.1. The number of aliphatic hydroxyl groups excluding tert-OH is 1. The minimum absolute atomic E-state index is 0.0152. The third-order valence-electron chi connectivity index (χ3n) is 3.38. The highest BCUT2D eigenvalue weighted by atomic mass is 32.1. The van der Waals surface area contributed by atoms with Gasteiger partial charge < -0.3 is 15.5 Å². The van der Waals surface area contributed by atoms with Gasteiger partial charge in [-0.1, -0.05) is 30.3 Å². The Balaban J connectivity index is 2.00. The number of thiophene rings is 1. The van der Waals surface area contributed by atoms with Crippen LogP contribution >= 0.6 is 11.3 Å². The van der Waals surface area contributed by atoms with Crippen molar-refractivity contribution in [1.29, 1.82) is 0 Å². The van der Waals surface area contributed by atoms with Crippen LogP contribution in [0.1, 0.15) is 25.6 Å². The van der Waals surface area contributed by atoms with Crippen molar-refractivity contribution >= 4 is 39.0 Å². The maximum absolute atomic E-state index is 12.5. The van der Waals surface area contributed by atoms with Crippen LogP contribution in [0, 0.1) is 0 Å². The summed E-state index contributed by atoms with van der Waals surface area (Å²) in [5, 5.41) is 21.8. The van der Waals surface area contributed by atoms with Gasteiger partial charge in [0.1, 0.15) is 4.88 Å². The predicted octanol–water partition coefficient (Wildman–Crippen LogP) is 3.34.